The molecule has 1 saturated heterocycles. The maximum Gasteiger partial charge on any atom is 0.338 e. The molecule has 3 atom stereocenters. The lowest BCUT2D eigenvalue weighted by molar-refractivity contribution is -0.141. The van der Waals surface area contributed by atoms with E-state index in [2.05, 4.69) is 10.3 Å². The number of esters is 1. The van der Waals surface area contributed by atoms with Gasteiger partial charge in [0.15, 0.2) is 10.8 Å². The number of halogens is 2. The molecule has 5 rings (SSSR count). The predicted molar refractivity (Wildman–Crippen MR) is 147 cm³/mol. The van der Waals surface area contributed by atoms with E-state index < -0.39 is 45.0 Å². The molecule has 0 spiro atoms. The Morgan fingerprint density at radius 1 is 1.23 bits per heavy atom. The molecule has 3 aliphatic rings. The first-order chi connectivity index (χ1) is 19.1. The number of thiazole rings is 1. The number of nitrogens with one attached hydrogen (secondary N) is 1. The number of aliphatic imine (C=N–C) groups is 1. The predicted octanol–water partition coefficient (Wildman–Crippen LogP) is 3.75. The van der Waals surface area contributed by atoms with Gasteiger partial charge in [-0.3, -0.25) is 9.79 Å². The van der Waals surface area contributed by atoms with Crippen LogP contribution >= 0.6 is 22.9 Å². The molecule has 2 fully saturated rings. The smallest absolute Gasteiger partial charge is 0.338 e. The van der Waals surface area contributed by atoms with E-state index in [0.717, 1.165) is 6.07 Å². The second-order valence-electron chi connectivity index (χ2n) is 10.0. The largest absolute Gasteiger partial charge is 0.481 e. The van der Waals surface area contributed by atoms with E-state index in [9.17, 15) is 27.5 Å². The highest BCUT2D eigenvalue weighted by atomic mass is 35.5. The molecule has 1 saturated carbocycles. The molecule has 40 heavy (non-hydrogen) atoms. The fourth-order valence-electron chi connectivity index (χ4n) is 5.66. The third-order valence-electron chi connectivity index (χ3n) is 7.75. The van der Waals surface area contributed by atoms with Crippen molar-refractivity contribution in [1.29, 1.82) is 0 Å². The van der Waals surface area contributed by atoms with Crippen molar-refractivity contribution >= 4 is 50.7 Å². The number of carboxylic acids is 1. The lowest BCUT2D eigenvalue weighted by atomic mass is 9.86. The molecule has 1 aromatic carbocycles. The maximum absolute atomic E-state index is 13.9. The fourth-order valence-corrected chi connectivity index (χ4v) is 8.57. The summed E-state index contributed by atoms with van der Waals surface area (Å²) in [6.07, 6.45) is 3.24. The maximum atomic E-state index is 13.9. The first-order valence-corrected chi connectivity index (χ1v) is 15.6. The molecule has 14 heteroatoms. The summed E-state index contributed by atoms with van der Waals surface area (Å²) in [6, 6.07) is 2.99. The number of carbonyl (C=O) groups excluding carboxylic acids is 1. The average molecular weight is 611 g/mol. The van der Waals surface area contributed by atoms with E-state index >= 15 is 0 Å². The Kier molecular flexibility index (Phi) is 8.27. The van der Waals surface area contributed by atoms with Crippen molar-refractivity contribution < 1.29 is 32.2 Å². The number of nitrogens with zero attached hydrogens (tertiary/aromatic N) is 3. The monoisotopic (exact) mass is 610 g/mol. The second-order valence-corrected chi connectivity index (χ2v) is 13.5. The normalized spacial score (nSPS) is 24.5. The Balaban J connectivity index is 1.46. The number of hydrogen-bond acceptors (Lipinski definition) is 9. The number of allylic oxidation sites excluding steroid dienone is 1. The van der Waals surface area contributed by atoms with E-state index in [1.807, 2.05) is 0 Å². The Hall–Kier alpha value is -2.87. The van der Waals surface area contributed by atoms with E-state index in [1.54, 1.807) is 11.6 Å². The van der Waals surface area contributed by atoms with Gasteiger partial charge >= 0.3 is 11.9 Å². The van der Waals surface area contributed by atoms with E-state index in [-0.39, 0.29) is 36.0 Å². The van der Waals surface area contributed by atoms with Crippen LogP contribution in [0.15, 0.2) is 46.0 Å². The van der Waals surface area contributed by atoms with Gasteiger partial charge in [-0.2, -0.15) is 0 Å². The van der Waals surface area contributed by atoms with Crippen molar-refractivity contribution in [3.05, 3.63) is 62.5 Å². The van der Waals surface area contributed by atoms with Gasteiger partial charge < -0.3 is 15.2 Å². The van der Waals surface area contributed by atoms with Crippen LogP contribution in [0.5, 0.6) is 0 Å². The highest BCUT2D eigenvalue weighted by molar-refractivity contribution is 7.89. The lowest BCUT2D eigenvalue weighted by Gasteiger charge is -2.37. The van der Waals surface area contributed by atoms with Crippen LogP contribution < -0.4 is 5.32 Å². The minimum atomic E-state index is -3.67. The van der Waals surface area contributed by atoms with Crippen LogP contribution in [0, 0.1) is 17.7 Å². The van der Waals surface area contributed by atoms with Crippen molar-refractivity contribution in [2.24, 2.45) is 16.8 Å². The van der Waals surface area contributed by atoms with Gasteiger partial charge in [0.05, 0.1) is 23.9 Å². The number of methoxy groups -OCH3 is 1. The minimum Gasteiger partial charge on any atom is -0.481 e. The van der Waals surface area contributed by atoms with Crippen LogP contribution in [-0.2, 0) is 24.3 Å². The Bertz CT molecular complexity index is 1470. The van der Waals surface area contributed by atoms with E-state index in [1.165, 1.54) is 34.9 Å². The summed E-state index contributed by atoms with van der Waals surface area (Å²) in [4.78, 5) is 33.6. The van der Waals surface area contributed by atoms with Gasteiger partial charge in [0, 0.05) is 46.9 Å². The summed E-state index contributed by atoms with van der Waals surface area (Å²) in [5.41, 5.74) is 1.18. The van der Waals surface area contributed by atoms with Crippen molar-refractivity contribution in [1.82, 2.24) is 14.6 Å². The lowest BCUT2D eigenvalue weighted by Crippen LogP contribution is -2.45. The standard InChI is InChI=1S/C26H28ClFN4O6S2/c1-38-26(35)20-21(14-6-9-32(10-7-14)40(36,37)17-4-2-15(12-17)25(33)34)30-23(24-29-8-11-39-24)31-22(20)18-5-3-16(28)13-19(18)27/h3,5,8,11,13-15,17,22H,2,4,6-7,9-10,12H2,1H3,(H,30,31)(H,33,34)/t15-,17+,22?/m0/s1. The van der Waals surface area contributed by atoms with Gasteiger partial charge in [0.25, 0.3) is 0 Å². The molecule has 10 nitrogen and oxygen atoms in total. The molecular formula is C26H28ClFN4O6S2. The average Bonchev–Trinajstić information content (AvgIpc) is 3.66. The van der Waals surface area contributed by atoms with Crippen LogP contribution in [0.3, 0.4) is 0 Å². The summed E-state index contributed by atoms with van der Waals surface area (Å²) in [7, 11) is -2.41. The van der Waals surface area contributed by atoms with E-state index in [4.69, 9.17) is 21.3 Å². The quantitative estimate of drug-likeness (QED) is 0.452. The second kappa shape index (κ2) is 11.6. The number of amidine groups is 1. The Morgan fingerprint density at radius 3 is 2.58 bits per heavy atom. The molecule has 2 N–H and O–H groups in total. The number of carbonyl (C=O) groups is 2. The third-order valence-corrected chi connectivity index (χ3v) is 11.2. The molecule has 0 amide bonds. The van der Waals surface area contributed by atoms with Gasteiger partial charge in [-0.15, -0.1) is 11.3 Å². The van der Waals surface area contributed by atoms with Crippen molar-refractivity contribution in [3.63, 3.8) is 0 Å². The molecule has 0 radical (unpaired) electrons. The highest BCUT2D eigenvalue weighted by Gasteiger charge is 2.43. The van der Waals surface area contributed by atoms with Gasteiger partial charge in [0.2, 0.25) is 10.0 Å². The number of aliphatic carboxylic acids is 1. The van der Waals surface area contributed by atoms with Crippen molar-refractivity contribution in [2.45, 2.75) is 43.4 Å². The van der Waals surface area contributed by atoms with E-state index in [0.29, 0.717) is 47.8 Å². The number of ether oxygens (including phenoxy) is 1. The number of rotatable bonds is 7. The first kappa shape index (κ1) is 28.7. The number of piperidine rings is 1. The van der Waals surface area contributed by atoms with Crippen LogP contribution in [0.25, 0.3) is 0 Å². The van der Waals surface area contributed by atoms with Gasteiger partial charge in [0.1, 0.15) is 11.9 Å². The fraction of sp³-hybridized carbons (Fsp3) is 0.462. The van der Waals surface area contributed by atoms with Crippen LogP contribution in [0.1, 0.15) is 48.7 Å². The zero-order chi connectivity index (χ0) is 28.6. The third kappa shape index (κ3) is 5.52. The number of aromatic nitrogens is 1. The summed E-state index contributed by atoms with van der Waals surface area (Å²) >= 11 is 7.77. The molecular weight excluding hydrogens is 583 g/mol. The molecule has 214 valence electrons. The van der Waals surface area contributed by atoms with Crippen LogP contribution in [0.2, 0.25) is 5.02 Å². The summed E-state index contributed by atoms with van der Waals surface area (Å²) in [6.45, 7) is 0.430. The topological polar surface area (TPSA) is 138 Å². The van der Waals surface area contributed by atoms with Crippen LogP contribution in [-0.4, -0.2) is 66.0 Å². The van der Waals surface area contributed by atoms with Crippen molar-refractivity contribution in [2.75, 3.05) is 20.2 Å². The first-order valence-electron chi connectivity index (χ1n) is 12.8. The van der Waals surface area contributed by atoms with Crippen molar-refractivity contribution in [3.8, 4) is 0 Å². The highest BCUT2D eigenvalue weighted by Crippen LogP contribution is 2.41. The molecule has 0 bridgehead atoms. The van der Waals surface area contributed by atoms with Gasteiger partial charge in [-0.1, -0.05) is 17.7 Å². The number of hydrogen-bond donors (Lipinski definition) is 2. The SMILES string of the molecule is COC(=O)C1=C(C2CCN(S(=O)(=O)[C@@H]3CC[C@H](C(=O)O)C3)CC2)NC(c2nccs2)=NC1c1ccc(F)cc1Cl. The number of carboxylic acid groups (broad SMARTS) is 1. The zero-order valence-electron chi connectivity index (χ0n) is 21.5. The molecule has 3 heterocycles. The summed E-state index contributed by atoms with van der Waals surface area (Å²) in [5.74, 6) is -2.59. The Labute approximate surface area is 240 Å². The summed E-state index contributed by atoms with van der Waals surface area (Å²) in [5, 5.41) is 14.3. The minimum absolute atomic E-state index is 0.104. The van der Waals surface area contributed by atoms with Gasteiger partial charge in [-0.05, 0) is 44.2 Å². The molecule has 1 unspecified atom stereocenters. The zero-order valence-corrected chi connectivity index (χ0v) is 23.9. The number of sulfonamides is 1. The molecule has 2 aromatic rings. The van der Waals surface area contributed by atoms with Gasteiger partial charge in [-0.25, -0.2) is 26.9 Å². The Morgan fingerprint density at radius 2 is 1.98 bits per heavy atom. The number of benzene rings is 1. The summed E-state index contributed by atoms with van der Waals surface area (Å²) < 4.78 is 47.1. The van der Waals surface area contributed by atoms with Crippen LogP contribution in [0.4, 0.5) is 4.39 Å². The molecule has 1 aromatic heterocycles. The molecule has 1 aliphatic carbocycles. The molecule has 2 aliphatic heterocycles.